The predicted molar refractivity (Wildman–Crippen MR) is 43.5 cm³/mol. The van der Waals surface area contributed by atoms with Gasteiger partial charge in [0.1, 0.15) is 0 Å². The third-order valence-corrected chi connectivity index (χ3v) is 1.23. The topological polar surface area (TPSA) is 38.4 Å². The zero-order chi connectivity index (χ0) is 7.40. The minimum atomic E-state index is 0.905. The van der Waals surface area contributed by atoms with Crippen molar-refractivity contribution in [1.82, 2.24) is 0 Å². The van der Waals surface area contributed by atoms with Crippen LogP contribution in [-0.2, 0) is 0 Å². The van der Waals surface area contributed by atoms with Crippen LogP contribution in [-0.4, -0.2) is 6.34 Å². The number of nitrogens with zero attached hydrogens (tertiary/aromatic N) is 1. The van der Waals surface area contributed by atoms with Crippen molar-refractivity contribution in [3.8, 4) is 0 Å². The summed E-state index contributed by atoms with van der Waals surface area (Å²) in [6.45, 7) is 2.02. The third-order valence-electron chi connectivity index (χ3n) is 1.23. The van der Waals surface area contributed by atoms with Gasteiger partial charge in [0.05, 0.1) is 12.0 Å². The molecule has 10 heavy (non-hydrogen) atoms. The Bertz CT molecular complexity index is 241. The highest BCUT2D eigenvalue weighted by atomic mass is 14.8. The Labute approximate surface area is 60.4 Å². The van der Waals surface area contributed by atoms with E-state index in [9.17, 15) is 0 Å². The molecular formula is C8H10N2. The molecule has 0 fully saturated rings. The molecule has 1 rings (SSSR count). The van der Waals surface area contributed by atoms with Gasteiger partial charge in [-0.15, -0.1) is 0 Å². The lowest BCUT2D eigenvalue weighted by molar-refractivity contribution is 1.43. The van der Waals surface area contributed by atoms with E-state index in [0.717, 1.165) is 5.69 Å². The van der Waals surface area contributed by atoms with Gasteiger partial charge < -0.3 is 5.73 Å². The molecule has 0 amide bonds. The van der Waals surface area contributed by atoms with Crippen LogP contribution in [0.25, 0.3) is 0 Å². The Kier molecular flexibility index (Phi) is 2.05. The summed E-state index contributed by atoms with van der Waals surface area (Å²) in [6, 6.07) is 7.87. The van der Waals surface area contributed by atoms with E-state index in [4.69, 9.17) is 5.73 Å². The van der Waals surface area contributed by atoms with Crippen LogP contribution in [0, 0.1) is 6.92 Å². The molecule has 1 aromatic carbocycles. The molecule has 0 atom stereocenters. The molecule has 2 nitrogen and oxygen atoms in total. The molecule has 1 aromatic rings. The van der Waals surface area contributed by atoms with Crippen molar-refractivity contribution in [1.29, 1.82) is 0 Å². The fourth-order valence-electron chi connectivity index (χ4n) is 0.794. The van der Waals surface area contributed by atoms with E-state index in [0.29, 0.717) is 0 Å². The van der Waals surface area contributed by atoms with Crippen molar-refractivity contribution in [3.63, 3.8) is 0 Å². The molecule has 0 bridgehead atoms. The van der Waals surface area contributed by atoms with Crippen LogP contribution < -0.4 is 5.73 Å². The number of aryl methyl sites for hydroxylation is 1. The van der Waals surface area contributed by atoms with Gasteiger partial charge in [-0.25, -0.2) is 4.99 Å². The molecule has 0 saturated heterocycles. The third kappa shape index (κ3) is 1.58. The molecule has 0 saturated carbocycles. The summed E-state index contributed by atoms with van der Waals surface area (Å²) in [5.74, 6) is 0. The lowest BCUT2D eigenvalue weighted by Crippen LogP contribution is -1.86. The molecule has 0 radical (unpaired) electrons. The monoisotopic (exact) mass is 134 g/mol. The standard InChI is InChI=1S/C8H10N2/c1-7-3-2-4-8(5-7)10-6-9/h2-6H,1H3,(H2,9,10). The number of hydrogen-bond acceptors (Lipinski definition) is 1. The van der Waals surface area contributed by atoms with E-state index in [1.54, 1.807) is 0 Å². The van der Waals surface area contributed by atoms with Crippen molar-refractivity contribution < 1.29 is 0 Å². The average Bonchev–Trinajstić information content (AvgIpc) is 1.88. The predicted octanol–water partition coefficient (Wildman–Crippen LogP) is 1.61. The Morgan fingerprint density at radius 2 is 2.30 bits per heavy atom. The first-order chi connectivity index (χ1) is 4.83. The second kappa shape index (κ2) is 3.01. The summed E-state index contributed by atoms with van der Waals surface area (Å²) < 4.78 is 0. The number of nitrogens with two attached hydrogens (primary N) is 1. The molecule has 52 valence electrons. The summed E-state index contributed by atoms with van der Waals surface area (Å²) in [4.78, 5) is 3.92. The second-order valence-corrected chi connectivity index (χ2v) is 2.12. The fraction of sp³-hybridized carbons (Fsp3) is 0.125. The fourth-order valence-corrected chi connectivity index (χ4v) is 0.794. The summed E-state index contributed by atoms with van der Waals surface area (Å²) in [5, 5.41) is 0. The van der Waals surface area contributed by atoms with Crippen molar-refractivity contribution in [2.75, 3.05) is 0 Å². The molecule has 2 heteroatoms. The van der Waals surface area contributed by atoms with Crippen molar-refractivity contribution in [2.24, 2.45) is 10.7 Å². The van der Waals surface area contributed by atoms with Crippen molar-refractivity contribution in [3.05, 3.63) is 29.8 Å². The first kappa shape index (κ1) is 6.81. The summed E-state index contributed by atoms with van der Waals surface area (Å²) >= 11 is 0. The van der Waals surface area contributed by atoms with Gasteiger partial charge in [0.15, 0.2) is 0 Å². The van der Waals surface area contributed by atoms with Crippen LogP contribution in [0.3, 0.4) is 0 Å². The first-order valence-electron chi connectivity index (χ1n) is 3.14. The smallest absolute Gasteiger partial charge is 0.0860 e. The highest BCUT2D eigenvalue weighted by Gasteiger charge is 1.85. The molecule has 0 unspecified atom stereocenters. The molecule has 0 aliphatic rings. The van der Waals surface area contributed by atoms with E-state index >= 15 is 0 Å². The van der Waals surface area contributed by atoms with E-state index in [1.165, 1.54) is 11.9 Å². The van der Waals surface area contributed by atoms with Gasteiger partial charge in [-0.3, -0.25) is 0 Å². The zero-order valence-electron chi connectivity index (χ0n) is 5.91. The highest BCUT2D eigenvalue weighted by molar-refractivity contribution is 5.59. The minimum Gasteiger partial charge on any atom is -0.390 e. The summed E-state index contributed by atoms with van der Waals surface area (Å²) in [6.07, 6.45) is 1.30. The van der Waals surface area contributed by atoms with Crippen molar-refractivity contribution in [2.45, 2.75) is 6.92 Å². The molecule has 2 N–H and O–H groups in total. The van der Waals surface area contributed by atoms with E-state index in [-0.39, 0.29) is 0 Å². The van der Waals surface area contributed by atoms with E-state index in [1.807, 2.05) is 31.2 Å². The van der Waals surface area contributed by atoms with Gasteiger partial charge in [0.2, 0.25) is 0 Å². The maximum absolute atomic E-state index is 5.12. The van der Waals surface area contributed by atoms with E-state index in [2.05, 4.69) is 4.99 Å². The molecule has 0 spiro atoms. The quantitative estimate of drug-likeness (QED) is 0.460. The van der Waals surface area contributed by atoms with E-state index < -0.39 is 0 Å². The van der Waals surface area contributed by atoms with Crippen LogP contribution >= 0.6 is 0 Å². The number of aliphatic imine (C=N–C) groups is 1. The molecule has 0 aliphatic carbocycles. The van der Waals surface area contributed by atoms with Crippen molar-refractivity contribution >= 4 is 12.0 Å². The Morgan fingerprint density at radius 1 is 1.50 bits per heavy atom. The Morgan fingerprint density at radius 3 is 2.90 bits per heavy atom. The SMILES string of the molecule is Cc1cccc(N=CN)c1. The number of hydrogen-bond donors (Lipinski definition) is 1. The number of benzene rings is 1. The molecular weight excluding hydrogens is 124 g/mol. The van der Waals surface area contributed by atoms with Crippen LogP contribution in [0.1, 0.15) is 5.56 Å². The van der Waals surface area contributed by atoms with Gasteiger partial charge in [-0.05, 0) is 24.6 Å². The first-order valence-corrected chi connectivity index (χ1v) is 3.14. The molecule has 0 heterocycles. The van der Waals surface area contributed by atoms with Gasteiger partial charge >= 0.3 is 0 Å². The summed E-state index contributed by atoms with van der Waals surface area (Å²) in [7, 11) is 0. The summed E-state index contributed by atoms with van der Waals surface area (Å²) in [5.41, 5.74) is 7.22. The van der Waals surface area contributed by atoms with Gasteiger partial charge in [0, 0.05) is 0 Å². The van der Waals surface area contributed by atoms with Crippen LogP contribution in [0.4, 0.5) is 5.69 Å². The van der Waals surface area contributed by atoms with Gasteiger partial charge in [-0.1, -0.05) is 12.1 Å². The molecule has 0 aromatic heterocycles. The lowest BCUT2D eigenvalue weighted by Gasteiger charge is -1.92. The average molecular weight is 134 g/mol. The normalized spacial score (nSPS) is 10.5. The maximum Gasteiger partial charge on any atom is 0.0860 e. The zero-order valence-corrected chi connectivity index (χ0v) is 5.91. The van der Waals surface area contributed by atoms with Crippen LogP contribution in [0.2, 0.25) is 0 Å². The maximum atomic E-state index is 5.12. The number of rotatable bonds is 1. The second-order valence-electron chi connectivity index (χ2n) is 2.12. The Balaban J connectivity index is 2.95. The molecule has 0 aliphatic heterocycles. The van der Waals surface area contributed by atoms with Gasteiger partial charge in [0.25, 0.3) is 0 Å². The Hall–Kier alpha value is -1.31. The largest absolute Gasteiger partial charge is 0.390 e. The highest BCUT2D eigenvalue weighted by Crippen LogP contribution is 2.11. The lowest BCUT2D eigenvalue weighted by atomic mass is 10.2. The van der Waals surface area contributed by atoms with Gasteiger partial charge in [-0.2, -0.15) is 0 Å². The van der Waals surface area contributed by atoms with Crippen LogP contribution in [0.5, 0.6) is 0 Å². The minimum absolute atomic E-state index is 0.905. The van der Waals surface area contributed by atoms with Crippen LogP contribution in [0.15, 0.2) is 29.3 Å².